The fraction of sp³-hybridized carbons (Fsp3) is 0.312. The molecule has 1 fully saturated rings. The van der Waals surface area contributed by atoms with Crippen LogP contribution < -0.4 is 5.73 Å². The quantitative estimate of drug-likeness (QED) is 0.907. The van der Waals surface area contributed by atoms with Gasteiger partial charge in [0.1, 0.15) is 0 Å². The van der Waals surface area contributed by atoms with E-state index < -0.39 is 0 Å². The number of nitrogens with two attached hydrogens (primary N) is 1. The van der Waals surface area contributed by atoms with E-state index in [1.165, 1.54) is 16.9 Å². The molecule has 5 heteroatoms. The number of carbonyl (C=O) groups excluding carboxylic acids is 1. The summed E-state index contributed by atoms with van der Waals surface area (Å²) in [5.74, 6) is 0.773. The largest absolute Gasteiger partial charge is 0.338 e. The molecule has 110 valence electrons. The average Bonchev–Trinajstić information content (AvgIpc) is 3.13. The Morgan fingerprint density at radius 2 is 2.10 bits per heavy atom. The van der Waals surface area contributed by atoms with Crippen LogP contribution in [0.1, 0.15) is 21.8 Å². The van der Waals surface area contributed by atoms with Crippen molar-refractivity contribution in [1.82, 2.24) is 4.90 Å². The molecule has 3 nitrogen and oxygen atoms in total. The summed E-state index contributed by atoms with van der Waals surface area (Å²) in [4.78, 5) is 14.5. The van der Waals surface area contributed by atoms with Crippen molar-refractivity contribution in [2.24, 2.45) is 11.7 Å². The Kier molecular flexibility index (Phi) is 4.42. The van der Waals surface area contributed by atoms with E-state index in [2.05, 4.69) is 28.1 Å². The van der Waals surface area contributed by atoms with E-state index >= 15 is 0 Å². The number of thiophene rings is 1. The topological polar surface area (TPSA) is 46.3 Å². The second-order valence-electron chi connectivity index (χ2n) is 5.36. The molecule has 1 saturated heterocycles. The highest BCUT2D eigenvalue weighted by Gasteiger charge is 2.35. The SMILES string of the molecule is NC[C@@H]1CN(C(=O)c2csc(Br)c2)C[C@H]1c1ccccc1. The number of nitrogens with zero attached hydrogens (tertiary/aromatic N) is 1. The highest BCUT2D eigenvalue weighted by Crippen LogP contribution is 2.33. The molecule has 1 aliphatic heterocycles. The Balaban J connectivity index is 1.79. The third-order valence-corrected chi connectivity index (χ3v) is 5.58. The standard InChI is InChI=1S/C16H17BrN2OS/c17-15-6-12(10-21-15)16(20)19-8-13(7-18)14(9-19)11-4-2-1-3-5-11/h1-6,10,13-14H,7-9,18H2/t13-,14+/m1/s1. The van der Waals surface area contributed by atoms with E-state index in [0.717, 1.165) is 22.4 Å². The molecular weight excluding hydrogens is 348 g/mol. The van der Waals surface area contributed by atoms with Gasteiger partial charge >= 0.3 is 0 Å². The molecular formula is C16H17BrN2OS. The summed E-state index contributed by atoms with van der Waals surface area (Å²) in [6, 6.07) is 12.2. The molecule has 21 heavy (non-hydrogen) atoms. The zero-order valence-corrected chi connectivity index (χ0v) is 13.9. The smallest absolute Gasteiger partial charge is 0.254 e. The van der Waals surface area contributed by atoms with Crippen LogP contribution in [0.4, 0.5) is 0 Å². The van der Waals surface area contributed by atoms with Crippen molar-refractivity contribution < 1.29 is 4.79 Å². The summed E-state index contributed by atoms with van der Waals surface area (Å²) in [7, 11) is 0. The van der Waals surface area contributed by atoms with Crippen molar-refractivity contribution in [3.8, 4) is 0 Å². The lowest BCUT2D eigenvalue weighted by molar-refractivity contribution is 0.0787. The Labute approximate surface area is 136 Å². The van der Waals surface area contributed by atoms with Gasteiger partial charge in [-0.2, -0.15) is 0 Å². The third-order valence-electron chi connectivity index (χ3n) is 4.07. The molecule has 2 aromatic rings. The number of rotatable bonds is 3. The molecule has 1 aromatic carbocycles. The summed E-state index contributed by atoms with van der Waals surface area (Å²) in [6.07, 6.45) is 0. The van der Waals surface area contributed by atoms with Gasteiger partial charge in [0.05, 0.1) is 9.35 Å². The van der Waals surface area contributed by atoms with E-state index in [-0.39, 0.29) is 5.91 Å². The van der Waals surface area contributed by atoms with Crippen molar-refractivity contribution in [2.45, 2.75) is 5.92 Å². The third kappa shape index (κ3) is 3.05. The lowest BCUT2D eigenvalue weighted by Gasteiger charge is -2.16. The van der Waals surface area contributed by atoms with Gasteiger partial charge in [-0.3, -0.25) is 4.79 Å². The summed E-state index contributed by atoms with van der Waals surface area (Å²) in [5, 5.41) is 1.90. The highest BCUT2D eigenvalue weighted by atomic mass is 79.9. The lowest BCUT2D eigenvalue weighted by atomic mass is 9.89. The molecule has 2 N–H and O–H groups in total. The van der Waals surface area contributed by atoms with Crippen LogP contribution in [-0.2, 0) is 0 Å². The number of amides is 1. The minimum absolute atomic E-state index is 0.105. The second kappa shape index (κ2) is 6.30. The van der Waals surface area contributed by atoms with E-state index in [4.69, 9.17) is 5.73 Å². The predicted octanol–water partition coefficient (Wildman–Crippen LogP) is 3.33. The molecule has 2 atom stereocenters. The van der Waals surface area contributed by atoms with Crippen LogP contribution in [-0.4, -0.2) is 30.4 Å². The number of hydrogen-bond donors (Lipinski definition) is 1. The summed E-state index contributed by atoms with van der Waals surface area (Å²) < 4.78 is 0.986. The van der Waals surface area contributed by atoms with Crippen LogP contribution in [0.25, 0.3) is 0 Å². The molecule has 3 rings (SSSR count). The predicted molar refractivity (Wildman–Crippen MR) is 89.6 cm³/mol. The molecule has 0 unspecified atom stereocenters. The van der Waals surface area contributed by atoms with Gasteiger partial charge < -0.3 is 10.6 Å². The van der Waals surface area contributed by atoms with Crippen molar-refractivity contribution in [3.05, 3.63) is 56.7 Å². The Morgan fingerprint density at radius 3 is 2.71 bits per heavy atom. The first kappa shape index (κ1) is 14.8. The van der Waals surface area contributed by atoms with E-state index in [9.17, 15) is 4.79 Å². The molecule has 1 amide bonds. The van der Waals surface area contributed by atoms with Gasteiger partial charge in [0.25, 0.3) is 5.91 Å². The minimum atomic E-state index is 0.105. The zero-order valence-electron chi connectivity index (χ0n) is 11.5. The molecule has 2 heterocycles. The van der Waals surface area contributed by atoms with E-state index in [1.54, 1.807) is 0 Å². The van der Waals surface area contributed by atoms with Crippen LogP contribution in [0.5, 0.6) is 0 Å². The Hall–Kier alpha value is -1.17. The van der Waals surface area contributed by atoms with Crippen molar-refractivity contribution >= 4 is 33.2 Å². The maximum Gasteiger partial charge on any atom is 0.254 e. The first-order chi connectivity index (χ1) is 10.2. The Bertz CT molecular complexity index is 628. The normalized spacial score (nSPS) is 21.7. The van der Waals surface area contributed by atoms with Gasteiger partial charge in [0.2, 0.25) is 0 Å². The van der Waals surface area contributed by atoms with E-state index in [0.29, 0.717) is 18.4 Å². The lowest BCUT2D eigenvalue weighted by Crippen LogP contribution is -2.29. The molecule has 1 aromatic heterocycles. The number of benzene rings is 1. The van der Waals surface area contributed by atoms with Gasteiger partial charge in [-0.25, -0.2) is 0 Å². The van der Waals surface area contributed by atoms with Crippen LogP contribution in [0.15, 0.2) is 45.6 Å². The number of likely N-dealkylation sites (tertiary alicyclic amines) is 1. The first-order valence-corrected chi connectivity index (χ1v) is 8.64. The van der Waals surface area contributed by atoms with Crippen molar-refractivity contribution in [1.29, 1.82) is 0 Å². The summed E-state index contributed by atoms with van der Waals surface area (Å²) >= 11 is 4.95. The van der Waals surface area contributed by atoms with Crippen LogP contribution in [0.3, 0.4) is 0 Å². The summed E-state index contributed by atoms with van der Waals surface area (Å²) in [5.41, 5.74) is 7.96. The first-order valence-electron chi connectivity index (χ1n) is 6.97. The fourth-order valence-corrected chi connectivity index (χ4v) is 4.09. The molecule has 0 radical (unpaired) electrons. The van der Waals surface area contributed by atoms with Gasteiger partial charge in [0.15, 0.2) is 0 Å². The van der Waals surface area contributed by atoms with Crippen LogP contribution in [0, 0.1) is 5.92 Å². The van der Waals surface area contributed by atoms with Gasteiger partial charge in [-0.05, 0) is 40.0 Å². The number of halogens is 1. The number of hydrogen-bond acceptors (Lipinski definition) is 3. The van der Waals surface area contributed by atoms with Gasteiger partial charge in [-0.15, -0.1) is 11.3 Å². The molecule has 0 spiro atoms. The zero-order chi connectivity index (χ0) is 14.8. The van der Waals surface area contributed by atoms with Crippen molar-refractivity contribution in [2.75, 3.05) is 19.6 Å². The highest BCUT2D eigenvalue weighted by molar-refractivity contribution is 9.11. The maximum absolute atomic E-state index is 12.6. The second-order valence-corrected chi connectivity index (χ2v) is 7.65. The molecule has 0 saturated carbocycles. The van der Waals surface area contributed by atoms with Gasteiger partial charge in [-0.1, -0.05) is 30.3 Å². The average molecular weight is 365 g/mol. The monoisotopic (exact) mass is 364 g/mol. The number of carbonyl (C=O) groups is 1. The maximum atomic E-state index is 12.6. The minimum Gasteiger partial charge on any atom is -0.338 e. The molecule has 0 bridgehead atoms. The summed E-state index contributed by atoms with van der Waals surface area (Å²) in [6.45, 7) is 2.09. The fourth-order valence-electron chi connectivity index (χ4n) is 2.96. The van der Waals surface area contributed by atoms with E-state index in [1.807, 2.05) is 34.5 Å². The van der Waals surface area contributed by atoms with Crippen molar-refractivity contribution in [3.63, 3.8) is 0 Å². The Morgan fingerprint density at radius 1 is 1.33 bits per heavy atom. The molecule has 1 aliphatic rings. The van der Waals surface area contributed by atoms with Crippen LogP contribution in [0.2, 0.25) is 0 Å². The molecule has 0 aliphatic carbocycles. The van der Waals surface area contributed by atoms with Crippen LogP contribution >= 0.6 is 27.3 Å². The van der Waals surface area contributed by atoms with Gasteiger partial charge in [0, 0.05) is 24.4 Å².